The number of para-hydroxylation sites is 2. The monoisotopic (exact) mass is 268 g/mol. The van der Waals surface area contributed by atoms with Crippen molar-refractivity contribution in [3.8, 4) is 5.75 Å². The first-order valence-corrected chi connectivity index (χ1v) is 5.77. The Hall–Kier alpha value is -2.15. The van der Waals surface area contributed by atoms with Gasteiger partial charge in [-0.1, -0.05) is 12.1 Å². The van der Waals surface area contributed by atoms with Crippen LogP contribution in [0.5, 0.6) is 5.75 Å². The van der Waals surface area contributed by atoms with Crippen LogP contribution in [-0.2, 0) is 9.53 Å². The summed E-state index contributed by atoms with van der Waals surface area (Å²) in [6.45, 7) is 0.788. The van der Waals surface area contributed by atoms with Gasteiger partial charge >= 0.3 is 5.69 Å². The lowest BCUT2D eigenvalue weighted by atomic mass is 10.3. The van der Waals surface area contributed by atoms with Gasteiger partial charge in [0.1, 0.15) is 0 Å². The minimum atomic E-state index is -0.550. The van der Waals surface area contributed by atoms with E-state index in [2.05, 4.69) is 5.32 Å². The second-order valence-electron chi connectivity index (χ2n) is 3.71. The highest BCUT2D eigenvalue weighted by Gasteiger charge is 2.14. The van der Waals surface area contributed by atoms with Crippen LogP contribution in [0.1, 0.15) is 6.42 Å². The average molecular weight is 268 g/mol. The van der Waals surface area contributed by atoms with Crippen LogP contribution in [-0.4, -0.2) is 37.7 Å². The Morgan fingerprint density at radius 1 is 1.42 bits per heavy atom. The number of carbonyl (C=O) groups is 1. The third-order valence-electron chi connectivity index (χ3n) is 2.27. The summed E-state index contributed by atoms with van der Waals surface area (Å²) in [6, 6.07) is 5.93. The highest BCUT2D eigenvalue weighted by atomic mass is 16.6. The summed E-state index contributed by atoms with van der Waals surface area (Å²) < 4.78 is 9.97. The van der Waals surface area contributed by atoms with Gasteiger partial charge in [-0.2, -0.15) is 0 Å². The standard InChI is InChI=1S/C12H16N2O5/c1-18-8-4-7-13-12(15)9-19-11-6-3-2-5-10(11)14(16)17/h2-3,5-6H,4,7-9H2,1H3,(H,13,15). The van der Waals surface area contributed by atoms with Gasteiger partial charge in [0.2, 0.25) is 0 Å². The number of amides is 1. The van der Waals surface area contributed by atoms with Gasteiger partial charge in [0, 0.05) is 26.3 Å². The molecule has 1 rings (SSSR count). The summed E-state index contributed by atoms with van der Waals surface area (Å²) in [5.74, 6) is -0.242. The molecule has 1 aromatic rings. The van der Waals surface area contributed by atoms with Crippen molar-refractivity contribution in [2.45, 2.75) is 6.42 Å². The zero-order chi connectivity index (χ0) is 14.1. The molecule has 0 aliphatic heterocycles. The van der Waals surface area contributed by atoms with Gasteiger partial charge in [0.05, 0.1) is 4.92 Å². The van der Waals surface area contributed by atoms with E-state index in [0.717, 1.165) is 0 Å². The van der Waals surface area contributed by atoms with Gasteiger partial charge in [-0.3, -0.25) is 14.9 Å². The molecule has 0 saturated heterocycles. The van der Waals surface area contributed by atoms with Crippen LogP contribution in [0.2, 0.25) is 0 Å². The molecule has 0 unspecified atom stereocenters. The lowest BCUT2D eigenvalue weighted by molar-refractivity contribution is -0.385. The maximum absolute atomic E-state index is 11.4. The molecule has 0 bridgehead atoms. The highest BCUT2D eigenvalue weighted by molar-refractivity contribution is 5.77. The summed E-state index contributed by atoms with van der Waals surface area (Å²) >= 11 is 0. The maximum atomic E-state index is 11.4. The molecule has 7 heteroatoms. The zero-order valence-corrected chi connectivity index (χ0v) is 10.6. The first-order valence-electron chi connectivity index (χ1n) is 5.77. The lowest BCUT2D eigenvalue weighted by Gasteiger charge is -2.07. The van der Waals surface area contributed by atoms with Gasteiger partial charge < -0.3 is 14.8 Å². The van der Waals surface area contributed by atoms with Crippen molar-refractivity contribution in [2.24, 2.45) is 0 Å². The summed E-state index contributed by atoms with van der Waals surface area (Å²) in [5, 5.41) is 13.3. The first-order chi connectivity index (χ1) is 9.15. The third-order valence-corrected chi connectivity index (χ3v) is 2.27. The Balaban J connectivity index is 2.40. The van der Waals surface area contributed by atoms with E-state index in [1.165, 1.54) is 18.2 Å². The van der Waals surface area contributed by atoms with E-state index in [9.17, 15) is 14.9 Å². The predicted molar refractivity (Wildman–Crippen MR) is 68.1 cm³/mol. The number of methoxy groups -OCH3 is 1. The van der Waals surface area contributed by atoms with Crippen molar-refractivity contribution in [1.82, 2.24) is 5.32 Å². The molecule has 0 fully saturated rings. The Morgan fingerprint density at radius 3 is 2.84 bits per heavy atom. The number of carbonyl (C=O) groups excluding carboxylic acids is 1. The van der Waals surface area contributed by atoms with Gasteiger partial charge in [-0.25, -0.2) is 0 Å². The molecule has 19 heavy (non-hydrogen) atoms. The summed E-state index contributed by atoms with van der Waals surface area (Å²) in [4.78, 5) is 21.6. The van der Waals surface area contributed by atoms with E-state index in [0.29, 0.717) is 19.6 Å². The first kappa shape index (κ1) is 14.9. The molecule has 1 N–H and O–H groups in total. The lowest BCUT2D eigenvalue weighted by Crippen LogP contribution is -2.30. The number of hydrogen-bond acceptors (Lipinski definition) is 5. The van der Waals surface area contributed by atoms with Crippen molar-refractivity contribution < 1.29 is 19.2 Å². The minimum absolute atomic E-state index is 0.0829. The second kappa shape index (κ2) is 8.04. The fourth-order valence-electron chi connectivity index (χ4n) is 1.37. The number of rotatable bonds is 8. The van der Waals surface area contributed by atoms with Crippen LogP contribution in [0.4, 0.5) is 5.69 Å². The fraction of sp³-hybridized carbons (Fsp3) is 0.417. The molecule has 0 aromatic heterocycles. The van der Waals surface area contributed by atoms with Crippen LogP contribution in [0, 0.1) is 10.1 Å². The largest absolute Gasteiger partial charge is 0.477 e. The average Bonchev–Trinajstić information content (AvgIpc) is 2.41. The zero-order valence-electron chi connectivity index (χ0n) is 10.6. The fourth-order valence-corrected chi connectivity index (χ4v) is 1.37. The summed E-state index contributed by atoms with van der Waals surface area (Å²) in [7, 11) is 1.58. The maximum Gasteiger partial charge on any atom is 0.310 e. The summed E-state index contributed by atoms with van der Waals surface area (Å²) in [5.41, 5.74) is -0.158. The number of ether oxygens (including phenoxy) is 2. The second-order valence-corrected chi connectivity index (χ2v) is 3.71. The number of nitrogens with one attached hydrogen (secondary N) is 1. The highest BCUT2D eigenvalue weighted by Crippen LogP contribution is 2.25. The van der Waals surface area contributed by atoms with Crippen LogP contribution in [0.3, 0.4) is 0 Å². The number of hydrogen-bond donors (Lipinski definition) is 1. The smallest absolute Gasteiger partial charge is 0.310 e. The molecule has 0 heterocycles. The SMILES string of the molecule is COCCCNC(=O)COc1ccccc1[N+](=O)[O-]. The van der Waals surface area contributed by atoms with Crippen molar-refractivity contribution in [3.05, 3.63) is 34.4 Å². The van der Waals surface area contributed by atoms with Crippen LogP contribution in [0.25, 0.3) is 0 Å². The molecule has 104 valence electrons. The quantitative estimate of drug-likeness (QED) is 0.433. The molecule has 7 nitrogen and oxygen atoms in total. The van der Waals surface area contributed by atoms with Gasteiger partial charge in [-0.05, 0) is 12.5 Å². The van der Waals surface area contributed by atoms with Crippen molar-refractivity contribution in [3.63, 3.8) is 0 Å². The normalized spacial score (nSPS) is 9.95. The molecular weight excluding hydrogens is 252 g/mol. The topological polar surface area (TPSA) is 90.7 Å². The van der Waals surface area contributed by atoms with Crippen LogP contribution in [0.15, 0.2) is 24.3 Å². The van der Waals surface area contributed by atoms with Crippen LogP contribution >= 0.6 is 0 Å². The van der Waals surface area contributed by atoms with E-state index in [4.69, 9.17) is 9.47 Å². The van der Waals surface area contributed by atoms with E-state index in [-0.39, 0.29) is 24.0 Å². The molecule has 1 aromatic carbocycles. The van der Waals surface area contributed by atoms with Crippen molar-refractivity contribution in [1.29, 1.82) is 0 Å². The molecule has 0 radical (unpaired) electrons. The number of nitro benzene ring substituents is 1. The summed E-state index contributed by atoms with van der Waals surface area (Å²) in [6.07, 6.45) is 0.702. The molecule has 1 amide bonds. The van der Waals surface area contributed by atoms with E-state index in [1.54, 1.807) is 13.2 Å². The Kier molecular flexibility index (Phi) is 6.31. The number of benzene rings is 1. The molecule has 0 aliphatic rings. The molecule has 0 spiro atoms. The number of nitrogens with zero attached hydrogens (tertiary/aromatic N) is 1. The van der Waals surface area contributed by atoms with Crippen molar-refractivity contribution in [2.75, 3.05) is 26.9 Å². The van der Waals surface area contributed by atoms with E-state index >= 15 is 0 Å². The van der Waals surface area contributed by atoms with Crippen LogP contribution < -0.4 is 10.1 Å². The molecular formula is C12H16N2O5. The molecule has 0 saturated carbocycles. The van der Waals surface area contributed by atoms with E-state index in [1.807, 2.05) is 0 Å². The predicted octanol–water partition coefficient (Wildman–Crippen LogP) is 1.13. The Bertz CT molecular complexity index is 436. The third kappa shape index (κ3) is 5.35. The Morgan fingerprint density at radius 2 is 2.16 bits per heavy atom. The van der Waals surface area contributed by atoms with Gasteiger partial charge in [0.25, 0.3) is 5.91 Å². The van der Waals surface area contributed by atoms with Gasteiger partial charge in [-0.15, -0.1) is 0 Å². The van der Waals surface area contributed by atoms with Gasteiger partial charge in [0.15, 0.2) is 12.4 Å². The molecule has 0 atom stereocenters. The van der Waals surface area contributed by atoms with E-state index < -0.39 is 4.92 Å². The Labute approximate surface area is 110 Å². The minimum Gasteiger partial charge on any atom is -0.477 e. The molecule has 0 aliphatic carbocycles. The van der Waals surface area contributed by atoms with Crippen molar-refractivity contribution >= 4 is 11.6 Å². The number of nitro groups is 1.